The fraction of sp³-hybridized carbons (Fsp3) is 0.500. The van der Waals surface area contributed by atoms with Gasteiger partial charge in [-0.25, -0.2) is 8.42 Å². The van der Waals surface area contributed by atoms with Gasteiger partial charge >= 0.3 is 0 Å². The number of hydrogen-bond acceptors (Lipinski definition) is 6. The Hall–Kier alpha value is -2.22. The topological polar surface area (TPSA) is 93.4 Å². The SMILES string of the molecule is CCN(CC)C(=O)C(c1ccccc1)S(=O)(=O)Cc1nc(C(C)C)no1. The van der Waals surface area contributed by atoms with Crippen LogP contribution in [0.5, 0.6) is 0 Å². The molecule has 2 aromatic rings. The van der Waals surface area contributed by atoms with E-state index in [1.807, 2.05) is 27.7 Å². The standard InChI is InChI=1S/C18H25N3O4S/c1-5-21(6-2)18(22)16(14-10-8-7-9-11-14)26(23,24)12-15-19-17(13(3)4)20-25-15/h7-11,13,16H,5-6,12H2,1-4H3. The molecule has 1 aromatic heterocycles. The monoisotopic (exact) mass is 379 g/mol. The van der Waals surface area contributed by atoms with E-state index in [2.05, 4.69) is 10.1 Å². The molecule has 7 nitrogen and oxygen atoms in total. The van der Waals surface area contributed by atoms with E-state index < -0.39 is 26.7 Å². The van der Waals surface area contributed by atoms with Crippen LogP contribution < -0.4 is 0 Å². The molecule has 2 rings (SSSR count). The lowest BCUT2D eigenvalue weighted by Gasteiger charge is -2.25. The van der Waals surface area contributed by atoms with Crippen LogP contribution in [0, 0.1) is 0 Å². The van der Waals surface area contributed by atoms with E-state index in [4.69, 9.17) is 4.52 Å². The molecule has 0 aliphatic heterocycles. The number of amides is 1. The average molecular weight is 379 g/mol. The van der Waals surface area contributed by atoms with Gasteiger partial charge in [0.1, 0.15) is 5.75 Å². The van der Waals surface area contributed by atoms with Crippen LogP contribution in [0.15, 0.2) is 34.9 Å². The smallest absolute Gasteiger partial charge is 0.245 e. The molecule has 8 heteroatoms. The van der Waals surface area contributed by atoms with Gasteiger partial charge in [-0.3, -0.25) is 4.79 Å². The number of hydrogen-bond donors (Lipinski definition) is 0. The van der Waals surface area contributed by atoms with Crippen LogP contribution in [-0.4, -0.2) is 42.5 Å². The Labute approximate surface area is 154 Å². The number of carbonyl (C=O) groups is 1. The second kappa shape index (κ2) is 8.44. The zero-order valence-corrected chi connectivity index (χ0v) is 16.4. The minimum Gasteiger partial charge on any atom is -0.342 e. The molecule has 0 aliphatic rings. The fourth-order valence-electron chi connectivity index (χ4n) is 2.65. The van der Waals surface area contributed by atoms with E-state index in [-0.39, 0.29) is 11.8 Å². The van der Waals surface area contributed by atoms with Gasteiger partial charge in [0.15, 0.2) is 20.9 Å². The molecule has 0 aliphatic carbocycles. The summed E-state index contributed by atoms with van der Waals surface area (Å²) < 4.78 is 31.2. The molecule has 1 atom stereocenters. The maximum absolute atomic E-state index is 13.1. The summed E-state index contributed by atoms with van der Waals surface area (Å²) in [5.41, 5.74) is 0.438. The Balaban J connectivity index is 2.40. The number of nitrogens with zero attached hydrogens (tertiary/aromatic N) is 3. The molecule has 1 aromatic carbocycles. The van der Waals surface area contributed by atoms with Crippen molar-refractivity contribution in [1.29, 1.82) is 0 Å². The zero-order chi connectivity index (χ0) is 19.3. The van der Waals surface area contributed by atoms with Gasteiger partial charge in [-0.2, -0.15) is 4.98 Å². The second-order valence-corrected chi connectivity index (χ2v) is 8.40. The lowest BCUT2D eigenvalue weighted by atomic mass is 10.1. The van der Waals surface area contributed by atoms with Gasteiger partial charge in [-0.1, -0.05) is 49.3 Å². The highest BCUT2D eigenvalue weighted by atomic mass is 32.2. The van der Waals surface area contributed by atoms with Crippen molar-refractivity contribution in [3.8, 4) is 0 Å². The van der Waals surface area contributed by atoms with Crippen LogP contribution in [0.1, 0.15) is 56.1 Å². The highest BCUT2D eigenvalue weighted by Crippen LogP contribution is 2.28. The molecule has 0 fully saturated rings. The molecule has 0 radical (unpaired) electrons. The van der Waals surface area contributed by atoms with Crippen molar-refractivity contribution >= 4 is 15.7 Å². The Morgan fingerprint density at radius 3 is 2.27 bits per heavy atom. The fourth-order valence-corrected chi connectivity index (χ4v) is 4.31. The first kappa shape index (κ1) is 20.1. The quantitative estimate of drug-likeness (QED) is 0.700. The lowest BCUT2D eigenvalue weighted by Crippen LogP contribution is -2.38. The first-order valence-corrected chi connectivity index (χ1v) is 10.4. The second-order valence-electron chi connectivity index (χ2n) is 6.31. The first-order valence-electron chi connectivity index (χ1n) is 8.67. The van der Waals surface area contributed by atoms with E-state index >= 15 is 0 Å². The predicted octanol–water partition coefficient (Wildman–Crippen LogP) is 2.72. The Bertz CT molecular complexity index is 827. The number of likely N-dealkylation sites (N-methyl/N-ethyl adjacent to an activating group) is 1. The first-order chi connectivity index (χ1) is 12.3. The summed E-state index contributed by atoms with van der Waals surface area (Å²) in [7, 11) is -3.89. The molecule has 1 heterocycles. The van der Waals surface area contributed by atoms with Crippen LogP contribution in [0.25, 0.3) is 0 Å². The van der Waals surface area contributed by atoms with Gasteiger partial charge in [0.25, 0.3) is 0 Å². The third kappa shape index (κ3) is 4.49. The minimum absolute atomic E-state index is 0.00183. The van der Waals surface area contributed by atoms with E-state index in [0.717, 1.165) is 0 Å². The molecule has 0 saturated carbocycles. The summed E-state index contributed by atoms with van der Waals surface area (Å²) in [5.74, 6) is -0.440. The lowest BCUT2D eigenvalue weighted by molar-refractivity contribution is -0.130. The van der Waals surface area contributed by atoms with Crippen molar-refractivity contribution in [3.63, 3.8) is 0 Å². The number of sulfone groups is 1. The van der Waals surface area contributed by atoms with Crippen LogP contribution in [0.2, 0.25) is 0 Å². The van der Waals surface area contributed by atoms with Gasteiger partial charge in [-0.15, -0.1) is 0 Å². The molecule has 0 N–H and O–H groups in total. The molecule has 26 heavy (non-hydrogen) atoms. The zero-order valence-electron chi connectivity index (χ0n) is 15.5. The van der Waals surface area contributed by atoms with Crippen molar-refractivity contribution in [2.75, 3.05) is 13.1 Å². The minimum atomic E-state index is -3.89. The van der Waals surface area contributed by atoms with Crippen molar-refractivity contribution in [1.82, 2.24) is 15.0 Å². The highest BCUT2D eigenvalue weighted by Gasteiger charge is 2.37. The summed E-state index contributed by atoms with van der Waals surface area (Å²) in [6, 6.07) is 8.52. The number of rotatable bonds is 8. The Morgan fingerprint density at radius 2 is 1.77 bits per heavy atom. The molecule has 1 amide bonds. The molecule has 0 saturated heterocycles. The van der Waals surface area contributed by atoms with Gasteiger partial charge in [0, 0.05) is 19.0 Å². The molecule has 1 unspecified atom stereocenters. The van der Waals surface area contributed by atoms with Gasteiger partial charge in [0.05, 0.1) is 0 Å². The maximum atomic E-state index is 13.1. The van der Waals surface area contributed by atoms with Gasteiger partial charge in [-0.05, 0) is 19.4 Å². The van der Waals surface area contributed by atoms with Crippen LogP contribution in [-0.2, 0) is 20.4 Å². The average Bonchev–Trinajstić information content (AvgIpc) is 3.05. The van der Waals surface area contributed by atoms with E-state index in [1.54, 1.807) is 30.3 Å². The number of aromatic nitrogens is 2. The van der Waals surface area contributed by atoms with Gasteiger partial charge in [0.2, 0.25) is 11.8 Å². The van der Waals surface area contributed by atoms with E-state index in [0.29, 0.717) is 24.5 Å². The largest absolute Gasteiger partial charge is 0.342 e. The van der Waals surface area contributed by atoms with Gasteiger partial charge < -0.3 is 9.42 Å². The Morgan fingerprint density at radius 1 is 1.15 bits per heavy atom. The van der Waals surface area contributed by atoms with Crippen LogP contribution in [0.4, 0.5) is 0 Å². The summed E-state index contributed by atoms with van der Waals surface area (Å²) in [5, 5.41) is 2.50. The normalized spacial score (nSPS) is 13.0. The van der Waals surface area contributed by atoms with E-state index in [9.17, 15) is 13.2 Å². The summed E-state index contributed by atoms with van der Waals surface area (Å²) >= 11 is 0. The number of benzene rings is 1. The third-order valence-electron chi connectivity index (χ3n) is 4.09. The van der Waals surface area contributed by atoms with Crippen LogP contribution >= 0.6 is 0 Å². The van der Waals surface area contributed by atoms with E-state index in [1.165, 1.54) is 4.90 Å². The Kier molecular flexibility index (Phi) is 6.52. The molecular weight excluding hydrogens is 354 g/mol. The highest BCUT2D eigenvalue weighted by molar-refractivity contribution is 7.91. The molecule has 142 valence electrons. The third-order valence-corrected chi connectivity index (χ3v) is 5.93. The van der Waals surface area contributed by atoms with Crippen molar-refractivity contribution in [3.05, 3.63) is 47.6 Å². The van der Waals surface area contributed by atoms with Crippen molar-refractivity contribution in [2.45, 2.75) is 44.6 Å². The predicted molar refractivity (Wildman–Crippen MR) is 98.1 cm³/mol. The molecule has 0 bridgehead atoms. The van der Waals surface area contributed by atoms with Crippen molar-refractivity contribution in [2.24, 2.45) is 0 Å². The summed E-state index contributed by atoms with van der Waals surface area (Å²) in [6.45, 7) is 8.30. The van der Waals surface area contributed by atoms with Crippen molar-refractivity contribution < 1.29 is 17.7 Å². The summed E-state index contributed by atoms with van der Waals surface area (Å²) in [4.78, 5) is 18.6. The summed E-state index contributed by atoms with van der Waals surface area (Å²) in [6.07, 6.45) is 0. The maximum Gasteiger partial charge on any atom is 0.245 e. The van der Waals surface area contributed by atoms with Crippen LogP contribution in [0.3, 0.4) is 0 Å². The molecular formula is C18H25N3O4S. The number of carbonyl (C=O) groups excluding carboxylic acids is 1. The molecule has 0 spiro atoms.